The van der Waals surface area contributed by atoms with Gasteiger partial charge in [-0.25, -0.2) is 10.9 Å². The molecule has 2 atom stereocenters. The number of para-hydroxylation sites is 1. The Morgan fingerprint density at radius 1 is 1.10 bits per heavy atom. The van der Waals surface area contributed by atoms with Crippen molar-refractivity contribution in [2.75, 3.05) is 20.8 Å². The second-order valence-electron chi connectivity index (χ2n) is 7.87. The largest absolute Gasteiger partial charge is 0.497 e. The number of amides is 1. The summed E-state index contributed by atoms with van der Waals surface area (Å²) in [6, 6.07) is 13.8. The molecule has 7 heteroatoms. The van der Waals surface area contributed by atoms with Crippen molar-refractivity contribution >= 4 is 16.8 Å². The summed E-state index contributed by atoms with van der Waals surface area (Å²) < 4.78 is 10.9. The lowest BCUT2D eigenvalue weighted by molar-refractivity contribution is -0.134. The van der Waals surface area contributed by atoms with Gasteiger partial charge in [-0.3, -0.25) is 4.79 Å². The summed E-state index contributed by atoms with van der Waals surface area (Å²) in [4.78, 5) is 18.7. The number of aromatic nitrogens is 1. The Hall–Kier alpha value is -3.03. The summed E-state index contributed by atoms with van der Waals surface area (Å²) in [5.74, 6) is 1.79. The SMILES string of the molecule is COc1ccc2[nH]c3c(c2c1)CN(C(=O)C1CC(c2ccccc2OC)NN1)CC3. The first-order valence-corrected chi connectivity index (χ1v) is 10.3. The molecule has 2 unspecified atom stereocenters. The van der Waals surface area contributed by atoms with Crippen LogP contribution in [-0.2, 0) is 17.8 Å². The van der Waals surface area contributed by atoms with E-state index in [0.717, 1.165) is 34.4 Å². The number of aromatic amines is 1. The van der Waals surface area contributed by atoms with Crippen molar-refractivity contribution < 1.29 is 14.3 Å². The number of hydrogen-bond acceptors (Lipinski definition) is 5. The predicted molar refractivity (Wildman–Crippen MR) is 114 cm³/mol. The van der Waals surface area contributed by atoms with Gasteiger partial charge in [0.25, 0.3) is 0 Å². The Morgan fingerprint density at radius 2 is 1.97 bits per heavy atom. The van der Waals surface area contributed by atoms with Gasteiger partial charge in [0.1, 0.15) is 17.5 Å². The lowest BCUT2D eigenvalue weighted by Gasteiger charge is -2.29. The molecule has 1 saturated heterocycles. The number of carbonyl (C=O) groups is 1. The van der Waals surface area contributed by atoms with Crippen LogP contribution >= 0.6 is 0 Å². The number of rotatable bonds is 4. The minimum atomic E-state index is -0.263. The molecule has 3 aromatic rings. The lowest BCUT2D eigenvalue weighted by Crippen LogP contribution is -2.47. The molecule has 2 aliphatic heterocycles. The van der Waals surface area contributed by atoms with E-state index in [-0.39, 0.29) is 18.0 Å². The summed E-state index contributed by atoms with van der Waals surface area (Å²) in [6.45, 7) is 1.33. The second kappa shape index (κ2) is 7.66. The standard InChI is InChI=1S/C23H26N4O3/c1-29-14-7-8-18-16(11-14)17-13-27(10-9-19(17)24-18)23(28)21-12-20(25-26-21)15-5-3-4-6-22(15)30-2/h3-8,11,20-21,24-26H,9-10,12-13H2,1-2H3. The Bertz CT molecular complexity index is 1090. The number of methoxy groups -OCH3 is 2. The van der Waals surface area contributed by atoms with Crippen molar-refractivity contribution in [3.05, 3.63) is 59.3 Å². The Kier molecular flexibility index (Phi) is 4.84. The zero-order valence-electron chi connectivity index (χ0n) is 17.2. The quantitative estimate of drug-likeness (QED) is 0.621. The van der Waals surface area contributed by atoms with Crippen LogP contribution in [0.25, 0.3) is 10.9 Å². The minimum Gasteiger partial charge on any atom is -0.497 e. The Labute approximate surface area is 175 Å². The summed E-state index contributed by atoms with van der Waals surface area (Å²) in [5, 5.41) is 1.13. The molecule has 5 rings (SSSR count). The second-order valence-corrected chi connectivity index (χ2v) is 7.87. The molecule has 7 nitrogen and oxygen atoms in total. The molecule has 1 fully saturated rings. The van der Waals surface area contributed by atoms with E-state index in [0.29, 0.717) is 19.5 Å². The third kappa shape index (κ3) is 3.20. The van der Waals surface area contributed by atoms with E-state index in [2.05, 4.69) is 15.8 Å². The maximum absolute atomic E-state index is 13.3. The highest BCUT2D eigenvalue weighted by atomic mass is 16.5. The van der Waals surface area contributed by atoms with Crippen molar-refractivity contribution in [3.63, 3.8) is 0 Å². The summed E-state index contributed by atoms with van der Waals surface area (Å²) in [5.41, 5.74) is 11.0. The van der Waals surface area contributed by atoms with E-state index in [1.807, 2.05) is 47.4 Å². The summed E-state index contributed by atoms with van der Waals surface area (Å²) in [7, 11) is 3.35. The molecule has 1 amide bonds. The number of nitrogens with zero attached hydrogens (tertiary/aromatic N) is 1. The zero-order chi connectivity index (χ0) is 20.7. The number of hydrogen-bond donors (Lipinski definition) is 3. The number of nitrogens with one attached hydrogen (secondary N) is 3. The average molecular weight is 406 g/mol. The third-order valence-electron chi connectivity index (χ3n) is 6.21. The van der Waals surface area contributed by atoms with E-state index < -0.39 is 0 Å². The molecule has 156 valence electrons. The molecule has 0 saturated carbocycles. The number of benzene rings is 2. The fraction of sp³-hybridized carbons (Fsp3) is 0.348. The van der Waals surface area contributed by atoms with Gasteiger partial charge in [0.15, 0.2) is 0 Å². The lowest BCUT2D eigenvalue weighted by atomic mass is 9.99. The van der Waals surface area contributed by atoms with Gasteiger partial charge in [0, 0.05) is 47.2 Å². The van der Waals surface area contributed by atoms with Crippen molar-refractivity contribution in [2.24, 2.45) is 0 Å². The van der Waals surface area contributed by atoms with Gasteiger partial charge < -0.3 is 19.4 Å². The fourth-order valence-corrected chi connectivity index (χ4v) is 4.61. The maximum atomic E-state index is 13.3. The molecule has 3 N–H and O–H groups in total. The highest BCUT2D eigenvalue weighted by Crippen LogP contribution is 2.33. The normalized spacial score (nSPS) is 20.9. The van der Waals surface area contributed by atoms with Gasteiger partial charge in [-0.1, -0.05) is 18.2 Å². The third-order valence-corrected chi connectivity index (χ3v) is 6.21. The van der Waals surface area contributed by atoms with E-state index in [1.54, 1.807) is 14.2 Å². The van der Waals surface area contributed by atoms with Gasteiger partial charge in [-0.15, -0.1) is 0 Å². The molecule has 0 bridgehead atoms. The van der Waals surface area contributed by atoms with Crippen LogP contribution in [0.2, 0.25) is 0 Å². The Morgan fingerprint density at radius 3 is 2.80 bits per heavy atom. The average Bonchev–Trinajstić information content (AvgIpc) is 3.42. The highest BCUT2D eigenvalue weighted by Gasteiger charge is 2.35. The van der Waals surface area contributed by atoms with Gasteiger partial charge in [-0.05, 0) is 30.7 Å². The van der Waals surface area contributed by atoms with Gasteiger partial charge in [-0.2, -0.15) is 0 Å². The molecule has 0 radical (unpaired) electrons. The maximum Gasteiger partial charge on any atom is 0.241 e. The zero-order valence-corrected chi connectivity index (χ0v) is 17.2. The van der Waals surface area contributed by atoms with Crippen LogP contribution in [0.15, 0.2) is 42.5 Å². The molecule has 0 aliphatic carbocycles. The number of carbonyl (C=O) groups excluding carboxylic acids is 1. The van der Waals surface area contributed by atoms with Crippen LogP contribution in [0.5, 0.6) is 11.5 Å². The first kappa shape index (κ1) is 19.0. The number of hydrazine groups is 1. The summed E-state index contributed by atoms with van der Waals surface area (Å²) in [6.07, 6.45) is 1.51. The number of ether oxygens (including phenoxy) is 2. The number of fused-ring (bicyclic) bond motifs is 3. The molecule has 3 heterocycles. The monoisotopic (exact) mass is 406 g/mol. The highest BCUT2D eigenvalue weighted by molar-refractivity contribution is 5.88. The molecule has 1 aromatic heterocycles. The van der Waals surface area contributed by atoms with Gasteiger partial charge in [0.05, 0.1) is 20.3 Å². The fourth-order valence-electron chi connectivity index (χ4n) is 4.61. The van der Waals surface area contributed by atoms with Crippen LogP contribution in [0.1, 0.15) is 29.3 Å². The molecule has 30 heavy (non-hydrogen) atoms. The van der Waals surface area contributed by atoms with Crippen molar-refractivity contribution in [2.45, 2.75) is 31.5 Å². The molecular weight excluding hydrogens is 380 g/mol. The van der Waals surface area contributed by atoms with E-state index in [4.69, 9.17) is 9.47 Å². The number of H-pyrrole nitrogens is 1. The van der Waals surface area contributed by atoms with Crippen LogP contribution < -0.4 is 20.3 Å². The van der Waals surface area contributed by atoms with Gasteiger partial charge >= 0.3 is 0 Å². The first-order valence-electron chi connectivity index (χ1n) is 10.3. The van der Waals surface area contributed by atoms with Crippen molar-refractivity contribution in [1.82, 2.24) is 20.7 Å². The van der Waals surface area contributed by atoms with Crippen LogP contribution in [-0.4, -0.2) is 42.6 Å². The van der Waals surface area contributed by atoms with E-state index in [1.165, 1.54) is 11.3 Å². The molecule has 2 aliphatic rings. The smallest absolute Gasteiger partial charge is 0.241 e. The molecule has 2 aromatic carbocycles. The summed E-state index contributed by atoms with van der Waals surface area (Å²) >= 11 is 0. The molecule has 0 spiro atoms. The Balaban J connectivity index is 1.33. The van der Waals surface area contributed by atoms with Gasteiger partial charge in [0.2, 0.25) is 5.91 Å². The minimum absolute atomic E-state index is 0.0350. The van der Waals surface area contributed by atoms with E-state index in [9.17, 15) is 4.79 Å². The predicted octanol–water partition coefficient (Wildman–Crippen LogP) is 2.68. The van der Waals surface area contributed by atoms with Crippen LogP contribution in [0.3, 0.4) is 0 Å². The van der Waals surface area contributed by atoms with Crippen LogP contribution in [0.4, 0.5) is 0 Å². The van der Waals surface area contributed by atoms with E-state index >= 15 is 0 Å². The van der Waals surface area contributed by atoms with Crippen molar-refractivity contribution in [3.8, 4) is 11.5 Å². The van der Waals surface area contributed by atoms with Crippen LogP contribution in [0, 0.1) is 0 Å². The van der Waals surface area contributed by atoms with Crippen molar-refractivity contribution in [1.29, 1.82) is 0 Å². The topological polar surface area (TPSA) is 78.6 Å². The first-order chi connectivity index (χ1) is 14.7. The molecular formula is C23H26N4O3.